The fourth-order valence-electron chi connectivity index (χ4n) is 1.55. The summed E-state index contributed by atoms with van der Waals surface area (Å²) in [5.41, 5.74) is 1.66. The fraction of sp³-hybridized carbons (Fsp3) is 0.133. The highest BCUT2D eigenvalue weighted by Gasteiger charge is 2.11. The number of nitrogens with zero attached hydrogens (tertiary/aromatic N) is 2. The van der Waals surface area contributed by atoms with E-state index in [4.69, 9.17) is 4.74 Å². The molecule has 0 saturated heterocycles. The van der Waals surface area contributed by atoms with E-state index in [1.54, 1.807) is 25.1 Å². The average molecular weight is 254 g/mol. The lowest BCUT2D eigenvalue weighted by Gasteiger charge is -2.03. The zero-order chi connectivity index (χ0) is 13.5. The first-order valence-electron chi connectivity index (χ1n) is 6.04. The van der Waals surface area contributed by atoms with Crippen molar-refractivity contribution in [3.05, 3.63) is 60.2 Å². The minimum atomic E-state index is -0.384. The summed E-state index contributed by atoms with van der Waals surface area (Å²) in [4.78, 5) is 11.8. The highest BCUT2D eigenvalue weighted by Crippen LogP contribution is 2.22. The van der Waals surface area contributed by atoms with E-state index in [0.717, 1.165) is 5.69 Å². The van der Waals surface area contributed by atoms with E-state index < -0.39 is 0 Å². The Labute approximate surface area is 111 Å². The predicted octanol–water partition coefficient (Wildman–Crippen LogP) is 4.28. The van der Waals surface area contributed by atoms with Crippen LogP contribution in [-0.2, 0) is 4.74 Å². The molecule has 0 fully saturated rings. The first kappa shape index (κ1) is 13.0. The Hall–Kier alpha value is -2.49. The van der Waals surface area contributed by atoms with Gasteiger partial charge in [0.15, 0.2) is 0 Å². The molecular weight excluding hydrogens is 240 g/mol. The molecule has 2 aromatic rings. The Balaban J connectivity index is 2.25. The normalized spacial score (nSPS) is 10.6. The highest BCUT2D eigenvalue weighted by atomic mass is 16.5. The van der Waals surface area contributed by atoms with Crippen molar-refractivity contribution in [3.63, 3.8) is 0 Å². The van der Waals surface area contributed by atoms with Crippen LogP contribution in [0, 0.1) is 0 Å². The van der Waals surface area contributed by atoms with Crippen LogP contribution in [0.4, 0.5) is 11.4 Å². The number of esters is 1. The van der Waals surface area contributed by atoms with Crippen LogP contribution in [0.5, 0.6) is 0 Å². The molecule has 0 aliphatic carbocycles. The zero-order valence-electron chi connectivity index (χ0n) is 10.6. The molecule has 0 radical (unpaired) electrons. The van der Waals surface area contributed by atoms with Crippen LogP contribution < -0.4 is 0 Å². The molecule has 4 nitrogen and oxygen atoms in total. The molecule has 0 heterocycles. The quantitative estimate of drug-likeness (QED) is 0.604. The van der Waals surface area contributed by atoms with Crippen molar-refractivity contribution in [2.75, 3.05) is 6.61 Å². The molecule has 2 rings (SSSR count). The largest absolute Gasteiger partial charge is 0.462 e. The van der Waals surface area contributed by atoms with E-state index in [9.17, 15) is 4.79 Å². The second kappa shape index (κ2) is 6.44. The Kier molecular flexibility index (Phi) is 4.39. The molecule has 0 aromatic heterocycles. The number of ether oxygens (including phenoxy) is 1. The smallest absolute Gasteiger partial charge is 0.340 e. The van der Waals surface area contributed by atoms with Gasteiger partial charge in [-0.15, -0.1) is 5.11 Å². The Bertz CT molecular complexity index is 580. The summed E-state index contributed by atoms with van der Waals surface area (Å²) in [7, 11) is 0. The van der Waals surface area contributed by atoms with Gasteiger partial charge in [0.25, 0.3) is 0 Å². The van der Waals surface area contributed by atoms with Crippen LogP contribution in [0.25, 0.3) is 0 Å². The van der Waals surface area contributed by atoms with Gasteiger partial charge >= 0.3 is 5.97 Å². The van der Waals surface area contributed by atoms with Gasteiger partial charge in [-0.2, -0.15) is 5.11 Å². The molecule has 0 atom stereocenters. The van der Waals surface area contributed by atoms with Gasteiger partial charge < -0.3 is 4.74 Å². The van der Waals surface area contributed by atoms with Crippen molar-refractivity contribution >= 4 is 17.3 Å². The summed E-state index contributed by atoms with van der Waals surface area (Å²) in [6.07, 6.45) is 0. The van der Waals surface area contributed by atoms with Gasteiger partial charge in [0.1, 0.15) is 5.69 Å². The highest BCUT2D eigenvalue weighted by molar-refractivity contribution is 5.94. The van der Waals surface area contributed by atoms with Crippen LogP contribution in [0.3, 0.4) is 0 Å². The molecular formula is C15H14N2O2. The molecule has 0 unspecified atom stereocenters. The van der Waals surface area contributed by atoms with Gasteiger partial charge in [0.2, 0.25) is 0 Å². The molecule has 19 heavy (non-hydrogen) atoms. The number of carbonyl (C=O) groups is 1. The summed E-state index contributed by atoms with van der Waals surface area (Å²) >= 11 is 0. The lowest BCUT2D eigenvalue weighted by molar-refractivity contribution is 0.0527. The minimum absolute atomic E-state index is 0.336. The lowest BCUT2D eigenvalue weighted by Crippen LogP contribution is -2.04. The summed E-state index contributed by atoms with van der Waals surface area (Å²) in [6, 6.07) is 16.3. The molecule has 0 aliphatic rings. The van der Waals surface area contributed by atoms with Crippen molar-refractivity contribution in [1.29, 1.82) is 0 Å². The standard InChI is InChI=1S/C15H14N2O2/c1-2-19-15(18)13-10-6-7-11-14(13)17-16-12-8-4-3-5-9-12/h3-11H,2H2,1H3. The van der Waals surface area contributed by atoms with Gasteiger partial charge in [-0.1, -0.05) is 30.3 Å². The molecule has 0 spiro atoms. The lowest BCUT2D eigenvalue weighted by atomic mass is 10.2. The molecule has 2 aromatic carbocycles. The summed E-state index contributed by atoms with van der Waals surface area (Å²) < 4.78 is 4.98. The SMILES string of the molecule is CCOC(=O)c1ccccc1N=Nc1ccccc1. The topological polar surface area (TPSA) is 51.0 Å². The van der Waals surface area contributed by atoms with Gasteiger partial charge in [0, 0.05) is 0 Å². The Morgan fingerprint density at radius 2 is 1.68 bits per heavy atom. The number of hydrogen-bond donors (Lipinski definition) is 0. The van der Waals surface area contributed by atoms with Crippen LogP contribution >= 0.6 is 0 Å². The van der Waals surface area contributed by atoms with Crippen molar-refractivity contribution < 1.29 is 9.53 Å². The van der Waals surface area contributed by atoms with E-state index in [1.165, 1.54) is 0 Å². The number of benzene rings is 2. The summed E-state index contributed by atoms with van der Waals surface area (Å²) in [6.45, 7) is 2.11. The zero-order valence-corrected chi connectivity index (χ0v) is 10.6. The second-order valence-corrected chi connectivity index (χ2v) is 3.77. The van der Waals surface area contributed by atoms with E-state index in [0.29, 0.717) is 17.9 Å². The van der Waals surface area contributed by atoms with Crippen LogP contribution in [-0.4, -0.2) is 12.6 Å². The maximum absolute atomic E-state index is 11.8. The van der Waals surface area contributed by atoms with E-state index in [2.05, 4.69) is 10.2 Å². The Morgan fingerprint density at radius 3 is 2.42 bits per heavy atom. The summed E-state index contributed by atoms with van der Waals surface area (Å²) in [5.74, 6) is -0.384. The van der Waals surface area contributed by atoms with Gasteiger partial charge in [0.05, 0.1) is 17.9 Å². The third-order valence-electron chi connectivity index (χ3n) is 2.43. The van der Waals surface area contributed by atoms with Crippen molar-refractivity contribution in [2.24, 2.45) is 10.2 Å². The minimum Gasteiger partial charge on any atom is -0.462 e. The molecule has 0 bridgehead atoms. The van der Waals surface area contributed by atoms with E-state index in [-0.39, 0.29) is 5.97 Å². The van der Waals surface area contributed by atoms with Gasteiger partial charge in [-0.05, 0) is 31.2 Å². The summed E-state index contributed by atoms with van der Waals surface area (Å²) in [5, 5.41) is 8.20. The molecule has 4 heteroatoms. The van der Waals surface area contributed by atoms with E-state index >= 15 is 0 Å². The predicted molar refractivity (Wildman–Crippen MR) is 73.0 cm³/mol. The third kappa shape index (κ3) is 3.48. The molecule has 0 N–H and O–H groups in total. The van der Waals surface area contributed by atoms with Crippen molar-refractivity contribution in [1.82, 2.24) is 0 Å². The first-order chi connectivity index (χ1) is 9.31. The maximum Gasteiger partial charge on any atom is 0.340 e. The third-order valence-corrected chi connectivity index (χ3v) is 2.43. The molecule has 0 aliphatic heterocycles. The van der Waals surface area contributed by atoms with Crippen LogP contribution in [0.1, 0.15) is 17.3 Å². The first-order valence-corrected chi connectivity index (χ1v) is 6.04. The van der Waals surface area contributed by atoms with Gasteiger partial charge in [-0.25, -0.2) is 4.79 Å². The number of carbonyl (C=O) groups excluding carboxylic acids is 1. The van der Waals surface area contributed by atoms with Crippen LogP contribution in [0.15, 0.2) is 64.8 Å². The van der Waals surface area contributed by atoms with Crippen molar-refractivity contribution in [3.8, 4) is 0 Å². The number of azo groups is 1. The Morgan fingerprint density at radius 1 is 1.00 bits per heavy atom. The van der Waals surface area contributed by atoms with Gasteiger partial charge in [-0.3, -0.25) is 0 Å². The van der Waals surface area contributed by atoms with Crippen LogP contribution in [0.2, 0.25) is 0 Å². The fourth-order valence-corrected chi connectivity index (χ4v) is 1.55. The monoisotopic (exact) mass is 254 g/mol. The van der Waals surface area contributed by atoms with Crippen molar-refractivity contribution in [2.45, 2.75) is 6.92 Å². The molecule has 0 amide bonds. The number of hydrogen-bond acceptors (Lipinski definition) is 4. The molecule has 96 valence electrons. The second-order valence-electron chi connectivity index (χ2n) is 3.77. The maximum atomic E-state index is 11.8. The molecule has 0 saturated carbocycles. The van der Waals surface area contributed by atoms with E-state index in [1.807, 2.05) is 36.4 Å². The number of rotatable bonds is 4. The average Bonchev–Trinajstić information content (AvgIpc) is 2.47.